The molecule has 0 N–H and O–H groups in total. The normalized spacial score (nSPS) is 17.3. The molecule has 1 saturated heterocycles. The minimum Gasteiger partial charge on any atom is -0.339 e. The zero-order valence-corrected chi connectivity index (χ0v) is 14.1. The first-order valence-corrected chi connectivity index (χ1v) is 8.25. The van der Waals surface area contributed by atoms with E-state index in [4.69, 9.17) is 4.52 Å². The van der Waals surface area contributed by atoms with E-state index < -0.39 is 0 Å². The highest BCUT2D eigenvalue weighted by Crippen LogP contribution is 2.33. The number of anilines is 1. The van der Waals surface area contributed by atoms with Gasteiger partial charge in [-0.1, -0.05) is 23.4 Å². The van der Waals surface area contributed by atoms with Crippen LogP contribution in [0.15, 0.2) is 47.1 Å². The minimum absolute atomic E-state index is 0.0799. The molecule has 1 aromatic carbocycles. The molecule has 1 fully saturated rings. The van der Waals surface area contributed by atoms with Crippen LogP contribution in [-0.4, -0.2) is 27.6 Å². The van der Waals surface area contributed by atoms with Crippen molar-refractivity contribution in [2.45, 2.75) is 26.2 Å². The fourth-order valence-electron chi connectivity index (χ4n) is 3.13. The van der Waals surface area contributed by atoms with Crippen molar-refractivity contribution in [1.82, 2.24) is 15.1 Å². The van der Waals surface area contributed by atoms with Crippen molar-refractivity contribution < 1.29 is 9.32 Å². The van der Waals surface area contributed by atoms with E-state index in [1.54, 1.807) is 6.20 Å². The van der Waals surface area contributed by atoms with Crippen LogP contribution in [0.2, 0.25) is 0 Å². The number of hydrogen-bond acceptors (Lipinski definition) is 5. The summed E-state index contributed by atoms with van der Waals surface area (Å²) < 4.78 is 5.41. The van der Waals surface area contributed by atoms with Gasteiger partial charge in [0.15, 0.2) is 0 Å². The number of amides is 1. The van der Waals surface area contributed by atoms with Crippen LogP contribution < -0.4 is 4.90 Å². The summed E-state index contributed by atoms with van der Waals surface area (Å²) in [5.41, 5.74) is 3.91. The van der Waals surface area contributed by atoms with Crippen molar-refractivity contribution in [2.75, 3.05) is 11.4 Å². The number of carbonyl (C=O) groups is 1. The van der Waals surface area contributed by atoms with Crippen LogP contribution in [0.25, 0.3) is 11.5 Å². The molecule has 0 radical (unpaired) electrons. The Bertz CT molecular complexity index is 920. The molecule has 3 aromatic rings. The second kappa shape index (κ2) is 6.12. The maximum atomic E-state index is 12.5. The molecule has 6 heteroatoms. The summed E-state index contributed by atoms with van der Waals surface area (Å²) >= 11 is 0. The first-order valence-electron chi connectivity index (χ1n) is 8.25. The van der Waals surface area contributed by atoms with Gasteiger partial charge in [-0.2, -0.15) is 4.98 Å². The number of benzene rings is 1. The van der Waals surface area contributed by atoms with Crippen molar-refractivity contribution in [3.63, 3.8) is 0 Å². The van der Waals surface area contributed by atoms with E-state index in [1.807, 2.05) is 55.1 Å². The molecule has 2 aromatic heterocycles. The van der Waals surface area contributed by atoms with Gasteiger partial charge in [-0.05, 0) is 43.2 Å². The number of aryl methyl sites for hydroxylation is 1. The topological polar surface area (TPSA) is 72.1 Å². The molecule has 1 atom stereocenters. The van der Waals surface area contributed by atoms with Crippen molar-refractivity contribution in [3.05, 3.63) is 59.6 Å². The Balaban J connectivity index is 1.59. The minimum atomic E-state index is -0.0997. The molecule has 1 unspecified atom stereocenters. The first-order chi connectivity index (χ1) is 12.1. The van der Waals surface area contributed by atoms with E-state index in [9.17, 15) is 4.79 Å². The predicted molar refractivity (Wildman–Crippen MR) is 93.2 cm³/mol. The average molecular weight is 334 g/mol. The fourth-order valence-corrected chi connectivity index (χ4v) is 3.13. The third-order valence-electron chi connectivity index (χ3n) is 4.68. The Morgan fingerprint density at radius 1 is 1.16 bits per heavy atom. The molecule has 0 saturated carbocycles. The van der Waals surface area contributed by atoms with Crippen LogP contribution in [0.5, 0.6) is 0 Å². The van der Waals surface area contributed by atoms with Gasteiger partial charge in [0, 0.05) is 24.8 Å². The number of carbonyl (C=O) groups excluding carboxylic acids is 1. The quantitative estimate of drug-likeness (QED) is 0.735. The van der Waals surface area contributed by atoms with Crippen molar-refractivity contribution >= 4 is 11.6 Å². The number of pyridine rings is 1. The van der Waals surface area contributed by atoms with E-state index in [1.165, 1.54) is 5.56 Å². The van der Waals surface area contributed by atoms with Crippen LogP contribution in [0.1, 0.15) is 29.4 Å². The number of rotatable bonds is 3. The van der Waals surface area contributed by atoms with Crippen LogP contribution in [0.4, 0.5) is 5.69 Å². The van der Waals surface area contributed by atoms with E-state index in [0.29, 0.717) is 30.4 Å². The lowest BCUT2D eigenvalue weighted by molar-refractivity contribution is -0.117. The maximum absolute atomic E-state index is 12.5. The van der Waals surface area contributed by atoms with Gasteiger partial charge in [-0.3, -0.25) is 9.78 Å². The largest absolute Gasteiger partial charge is 0.339 e. The Morgan fingerprint density at radius 2 is 2.04 bits per heavy atom. The average Bonchev–Trinajstić information content (AvgIpc) is 3.25. The Labute approximate surface area is 145 Å². The maximum Gasteiger partial charge on any atom is 0.232 e. The molecule has 1 aliphatic heterocycles. The predicted octanol–water partition coefficient (Wildman–Crippen LogP) is 3.27. The molecule has 1 amide bonds. The fraction of sp³-hybridized carbons (Fsp3) is 0.263. The highest BCUT2D eigenvalue weighted by atomic mass is 16.5. The molecule has 1 aliphatic rings. The van der Waals surface area contributed by atoms with E-state index in [2.05, 4.69) is 15.1 Å². The number of hydrogen-bond donors (Lipinski definition) is 0. The Kier molecular flexibility index (Phi) is 3.80. The third kappa shape index (κ3) is 2.80. The lowest BCUT2D eigenvalue weighted by atomic mass is 10.1. The first kappa shape index (κ1) is 15.5. The van der Waals surface area contributed by atoms with Gasteiger partial charge in [-0.15, -0.1) is 0 Å². The summed E-state index contributed by atoms with van der Waals surface area (Å²) in [4.78, 5) is 23.0. The smallest absolute Gasteiger partial charge is 0.232 e. The van der Waals surface area contributed by atoms with Crippen LogP contribution >= 0.6 is 0 Å². The van der Waals surface area contributed by atoms with Crippen molar-refractivity contribution in [1.29, 1.82) is 0 Å². The molecular formula is C19H18N4O2. The zero-order chi connectivity index (χ0) is 17.4. The van der Waals surface area contributed by atoms with Gasteiger partial charge < -0.3 is 9.42 Å². The molecule has 0 aliphatic carbocycles. The van der Waals surface area contributed by atoms with Gasteiger partial charge in [0.1, 0.15) is 5.69 Å². The lowest BCUT2D eigenvalue weighted by Gasteiger charge is -2.19. The molecule has 4 rings (SSSR count). The standard InChI is InChI=1S/C19H18N4O2/c1-12-6-5-8-16(13(12)2)23-11-14(10-17(23)24)19-21-18(22-25-19)15-7-3-4-9-20-15/h3-9,14H,10-11H2,1-2H3. The molecule has 6 nitrogen and oxygen atoms in total. The van der Waals surface area contributed by atoms with E-state index in [0.717, 1.165) is 11.3 Å². The monoisotopic (exact) mass is 334 g/mol. The van der Waals surface area contributed by atoms with Crippen LogP contribution in [0, 0.1) is 13.8 Å². The van der Waals surface area contributed by atoms with Gasteiger partial charge in [0.05, 0.1) is 5.92 Å². The Hall–Kier alpha value is -3.02. The summed E-state index contributed by atoms with van der Waals surface area (Å²) in [7, 11) is 0. The summed E-state index contributed by atoms with van der Waals surface area (Å²) in [5.74, 6) is 0.920. The summed E-state index contributed by atoms with van der Waals surface area (Å²) in [5, 5.41) is 4.01. The summed E-state index contributed by atoms with van der Waals surface area (Å²) in [6, 6.07) is 11.5. The summed E-state index contributed by atoms with van der Waals surface area (Å²) in [6.07, 6.45) is 2.06. The van der Waals surface area contributed by atoms with Crippen molar-refractivity contribution in [2.24, 2.45) is 0 Å². The second-order valence-electron chi connectivity index (χ2n) is 6.30. The zero-order valence-electron chi connectivity index (χ0n) is 14.1. The van der Waals surface area contributed by atoms with Gasteiger partial charge in [0.25, 0.3) is 0 Å². The highest BCUT2D eigenvalue weighted by molar-refractivity contribution is 5.97. The Morgan fingerprint density at radius 3 is 2.84 bits per heavy atom. The van der Waals surface area contributed by atoms with E-state index in [-0.39, 0.29) is 11.8 Å². The molecule has 25 heavy (non-hydrogen) atoms. The van der Waals surface area contributed by atoms with Crippen LogP contribution in [-0.2, 0) is 4.79 Å². The molecule has 3 heterocycles. The van der Waals surface area contributed by atoms with Crippen LogP contribution in [0.3, 0.4) is 0 Å². The molecular weight excluding hydrogens is 316 g/mol. The number of aromatic nitrogens is 3. The van der Waals surface area contributed by atoms with Crippen molar-refractivity contribution in [3.8, 4) is 11.5 Å². The SMILES string of the molecule is Cc1cccc(N2CC(c3nc(-c4ccccn4)no3)CC2=O)c1C. The third-order valence-corrected chi connectivity index (χ3v) is 4.68. The summed E-state index contributed by atoms with van der Waals surface area (Å²) in [6.45, 7) is 4.64. The van der Waals surface area contributed by atoms with E-state index >= 15 is 0 Å². The highest BCUT2D eigenvalue weighted by Gasteiger charge is 2.35. The number of nitrogens with zero attached hydrogens (tertiary/aromatic N) is 4. The molecule has 0 spiro atoms. The van der Waals surface area contributed by atoms with Gasteiger partial charge >= 0.3 is 0 Å². The second-order valence-corrected chi connectivity index (χ2v) is 6.30. The lowest BCUT2D eigenvalue weighted by Crippen LogP contribution is -2.25. The molecule has 126 valence electrons. The molecule has 0 bridgehead atoms. The van der Waals surface area contributed by atoms with Gasteiger partial charge in [0.2, 0.25) is 17.6 Å². The van der Waals surface area contributed by atoms with Gasteiger partial charge in [-0.25, -0.2) is 0 Å².